The third-order valence-corrected chi connectivity index (χ3v) is 3.80. The number of nitro groups is 1. The highest BCUT2D eigenvalue weighted by Gasteiger charge is 2.13. The Morgan fingerprint density at radius 1 is 1.20 bits per heavy atom. The molecule has 2 aromatic carbocycles. The largest absolute Gasteiger partial charge is 0.453 e. The molecule has 0 bridgehead atoms. The van der Waals surface area contributed by atoms with Crippen LogP contribution in [0.3, 0.4) is 0 Å². The average Bonchev–Trinajstić information content (AvgIpc) is 2.42. The van der Waals surface area contributed by atoms with Crippen LogP contribution in [0.25, 0.3) is 0 Å². The fourth-order valence-electron chi connectivity index (χ4n) is 1.51. The number of non-ortho nitro benzene ring substituents is 1. The van der Waals surface area contributed by atoms with Gasteiger partial charge in [-0.3, -0.25) is 10.1 Å². The first-order valence-corrected chi connectivity index (χ1v) is 7.39. The molecule has 4 nitrogen and oxygen atoms in total. The Hall–Kier alpha value is -1.47. The van der Waals surface area contributed by atoms with E-state index >= 15 is 0 Å². The second-order valence-corrected chi connectivity index (χ2v) is 5.29. The molecule has 0 amide bonds. The van der Waals surface area contributed by atoms with Gasteiger partial charge in [-0.2, -0.15) is 0 Å². The van der Waals surface area contributed by atoms with E-state index in [-0.39, 0.29) is 17.2 Å². The first-order valence-electron chi connectivity index (χ1n) is 5.47. The smallest absolute Gasteiger partial charge is 0.273 e. The maximum Gasteiger partial charge on any atom is 0.273 e. The van der Waals surface area contributed by atoms with Gasteiger partial charge in [0.1, 0.15) is 5.75 Å². The van der Waals surface area contributed by atoms with E-state index in [2.05, 4.69) is 31.9 Å². The van der Waals surface area contributed by atoms with Crippen LogP contribution in [-0.2, 0) is 5.33 Å². The second-order valence-electron chi connectivity index (χ2n) is 3.87. The molecule has 0 fully saturated rings. The van der Waals surface area contributed by atoms with Gasteiger partial charge in [0, 0.05) is 11.4 Å². The maximum absolute atomic E-state index is 13.8. The minimum atomic E-state index is -0.538. The SMILES string of the molecule is O=[N+]([O-])c1ccc(Br)c(Oc2ccc(CBr)cc2F)c1. The predicted molar refractivity (Wildman–Crippen MR) is 79.9 cm³/mol. The zero-order valence-electron chi connectivity index (χ0n) is 9.98. The molecule has 0 saturated carbocycles. The fourth-order valence-corrected chi connectivity index (χ4v) is 2.19. The van der Waals surface area contributed by atoms with E-state index in [0.29, 0.717) is 9.80 Å². The summed E-state index contributed by atoms with van der Waals surface area (Å²) >= 11 is 6.44. The molecule has 0 atom stereocenters. The Labute approximate surface area is 131 Å². The molecule has 0 aliphatic carbocycles. The topological polar surface area (TPSA) is 52.4 Å². The first kappa shape index (κ1) is 14.9. The van der Waals surface area contributed by atoms with Gasteiger partial charge >= 0.3 is 0 Å². The van der Waals surface area contributed by atoms with Crippen molar-refractivity contribution in [3.63, 3.8) is 0 Å². The minimum absolute atomic E-state index is 0.0101. The van der Waals surface area contributed by atoms with Gasteiger partial charge in [-0.1, -0.05) is 22.0 Å². The van der Waals surface area contributed by atoms with Crippen LogP contribution < -0.4 is 4.74 Å². The zero-order chi connectivity index (χ0) is 14.7. The Bertz CT molecular complexity index is 664. The molecular formula is C13H8Br2FNO3. The van der Waals surface area contributed by atoms with Crippen molar-refractivity contribution in [2.24, 2.45) is 0 Å². The van der Waals surface area contributed by atoms with Crippen molar-refractivity contribution in [3.05, 3.63) is 62.4 Å². The van der Waals surface area contributed by atoms with E-state index in [1.165, 1.54) is 30.3 Å². The molecular weight excluding hydrogens is 397 g/mol. The van der Waals surface area contributed by atoms with Gasteiger partial charge in [0.2, 0.25) is 0 Å². The molecule has 0 N–H and O–H groups in total. The molecule has 0 spiro atoms. The minimum Gasteiger partial charge on any atom is -0.453 e. The number of nitro benzene ring substituents is 1. The standard InChI is InChI=1S/C13H8Br2FNO3/c14-7-8-1-4-12(11(16)5-8)20-13-6-9(17(18)19)2-3-10(13)15/h1-6H,7H2. The van der Waals surface area contributed by atoms with Crippen molar-refractivity contribution in [1.82, 2.24) is 0 Å². The molecule has 104 valence electrons. The van der Waals surface area contributed by atoms with Crippen molar-refractivity contribution in [3.8, 4) is 11.5 Å². The highest BCUT2D eigenvalue weighted by atomic mass is 79.9. The number of benzene rings is 2. The summed E-state index contributed by atoms with van der Waals surface area (Å²) in [5.74, 6) is -0.332. The highest BCUT2D eigenvalue weighted by Crippen LogP contribution is 2.34. The van der Waals surface area contributed by atoms with Crippen LogP contribution >= 0.6 is 31.9 Å². The number of alkyl halides is 1. The third-order valence-electron chi connectivity index (χ3n) is 2.50. The van der Waals surface area contributed by atoms with E-state index in [4.69, 9.17) is 4.74 Å². The van der Waals surface area contributed by atoms with Gasteiger partial charge in [-0.05, 0) is 39.7 Å². The van der Waals surface area contributed by atoms with Crippen molar-refractivity contribution in [2.75, 3.05) is 0 Å². The van der Waals surface area contributed by atoms with E-state index < -0.39 is 10.7 Å². The van der Waals surface area contributed by atoms with Gasteiger partial charge in [-0.15, -0.1) is 0 Å². The van der Waals surface area contributed by atoms with E-state index in [1.54, 1.807) is 6.07 Å². The second kappa shape index (κ2) is 6.32. The van der Waals surface area contributed by atoms with Crippen molar-refractivity contribution in [2.45, 2.75) is 5.33 Å². The average molecular weight is 405 g/mol. The van der Waals surface area contributed by atoms with Crippen LogP contribution in [0.1, 0.15) is 5.56 Å². The van der Waals surface area contributed by atoms with Gasteiger partial charge in [0.25, 0.3) is 5.69 Å². The van der Waals surface area contributed by atoms with Gasteiger partial charge in [0.05, 0.1) is 15.5 Å². The fraction of sp³-hybridized carbons (Fsp3) is 0.0769. The molecule has 2 rings (SSSR count). The van der Waals surface area contributed by atoms with Gasteiger partial charge in [0.15, 0.2) is 11.6 Å². The summed E-state index contributed by atoms with van der Waals surface area (Å²) in [5, 5.41) is 11.3. The Morgan fingerprint density at radius 3 is 2.55 bits per heavy atom. The summed E-state index contributed by atoms with van der Waals surface area (Å²) in [4.78, 5) is 10.2. The van der Waals surface area contributed by atoms with Crippen LogP contribution in [0, 0.1) is 15.9 Å². The lowest BCUT2D eigenvalue weighted by Gasteiger charge is -2.09. The number of halogens is 3. The summed E-state index contributed by atoms with van der Waals surface area (Å²) in [5.41, 5.74) is 0.647. The number of rotatable bonds is 4. The molecule has 0 aliphatic heterocycles. The van der Waals surface area contributed by atoms with Crippen LogP contribution in [0.5, 0.6) is 11.5 Å². The van der Waals surface area contributed by atoms with Crippen LogP contribution in [-0.4, -0.2) is 4.92 Å². The molecule has 0 aromatic heterocycles. The monoisotopic (exact) mass is 403 g/mol. The van der Waals surface area contributed by atoms with E-state index in [0.717, 1.165) is 5.56 Å². The number of hydrogen-bond acceptors (Lipinski definition) is 3. The summed E-state index contributed by atoms with van der Waals surface area (Å²) < 4.78 is 19.7. The van der Waals surface area contributed by atoms with Crippen molar-refractivity contribution in [1.29, 1.82) is 0 Å². The van der Waals surface area contributed by atoms with Crippen molar-refractivity contribution >= 4 is 37.5 Å². The quantitative estimate of drug-likeness (QED) is 0.400. The molecule has 0 saturated heterocycles. The van der Waals surface area contributed by atoms with Gasteiger partial charge < -0.3 is 4.74 Å². The number of nitrogens with zero attached hydrogens (tertiary/aromatic N) is 1. The van der Waals surface area contributed by atoms with E-state index in [1.807, 2.05) is 0 Å². The highest BCUT2D eigenvalue weighted by molar-refractivity contribution is 9.10. The lowest BCUT2D eigenvalue weighted by Crippen LogP contribution is -1.93. The summed E-state index contributed by atoms with van der Waals surface area (Å²) in [6.07, 6.45) is 0. The molecule has 7 heteroatoms. The zero-order valence-corrected chi connectivity index (χ0v) is 13.1. The Morgan fingerprint density at radius 2 is 1.95 bits per heavy atom. The molecule has 20 heavy (non-hydrogen) atoms. The van der Waals surface area contributed by atoms with Crippen LogP contribution in [0.4, 0.5) is 10.1 Å². The predicted octanol–water partition coefficient (Wildman–Crippen LogP) is 5.18. The van der Waals surface area contributed by atoms with Crippen LogP contribution in [0.15, 0.2) is 40.9 Å². The maximum atomic E-state index is 13.8. The summed E-state index contributed by atoms with van der Waals surface area (Å²) in [6.45, 7) is 0. The summed E-state index contributed by atoms with van der Waals surface area (Å²) in [7, 11) is 0. The molecule has 0 radical (unpaired) electrons. The van der Waals surface area contributed by atoms with E-state index in [9.17, 15) is 14.5 Å². The Balaban J connectivity index is 2.34. The lowest BCUT2D eigenvalue weighted by atomic mass is 10.2. The first-order chi connectivity index (χ1) is 9.51. The van der Waals surface area contributed by atoms with Gasteiger partial charge in [-0.25, -0.2) is 4.39 Å². The normalized spacial score (nSPS) is 10.3. The molecule has 0 unspecified atom stereocenters. The lowest BCUT2D eigenvalue weighted by molar-refractivity contribution is -0.384. The molecule has 2 aromatic rings. The third kappa shape index (κ3) is 3.34. The van der Waals surface area contributed by atoms with Crippen molar-refractivity contribution < 1.29 is 14.1 Å². The number of hydrogen-bond donors (Lipinski definition) is 0. The molecule has 0 heterocycles. The van der Waals surface area contributed by atoms with Crippen LogP contribution in [0.2, 0.25) is 0 Å². The Kier molecular flexibility index (Phi) is 4.72. The number of ether oxygens (including phenoxy) is 1. The summed E-state index contributed by atoms with van der Waals surface area (Å²) in [6, 6.07) is 8.59. The molecule has 0 aliphatic rings.